The van der Waals surface area contributed by atoms with Gasteiger partial charge in [-0.1, -0.05) is 30.3 Å². The lowest BCUT2D eigenvalue weighted by molar-refractivity contribution is 0.0815. The Morgan fingerprint density at radius 3 is 2.73 bits per heavy atom. The minimum atomic E-state index is -2.24. The van der Waals surface area contributed by atoms with Gasteiger partial charge >= 0.3 is 0 Å². The van der Waals surface area contributed by atoms with Crippen LogP contribution in [0.2, 0.25) is 0 Å². The number of ether oxygens (including phenoxy) is 1. The van der Waals surface area contributed by atoms with Crippen molar-refractivity contribution in [1.29, 1.82) is 0 Å². The van der Waals surface area contributed by atoms with Gasteiger partial charge in [0.15, 0.2) is 0 Å². The predicted octanol–water partition coefficient (Wildman–Crippen LogP) is 1.20. The lowest BCUT2D eigenvalue weighted by Crippen LogP contribution is -1.98. The molecule has 0 fully saturated rings. The van der Waals surface area contributed by atoms with Gasteiger partial charge in [0.05, 0.1) is 22.5 Å². The van der Waals surface area contributed by atoms with Crippen LogP contribution in [-0.2, 0) is 11.3 Å². The summed E-state index contributed by atoms with van der Waals surface area (Å²) < 4.78 is 18.5. The molecule has 0 aliphatic carbocycles. The lowest BCUT2D eigenvalue weighted by Gasteiger charge is -2.00. The summed E-state index contributed by atoms with van der Waals surface area (Å²) in [6.07, 6.45) is 0. The van der Waals surface area contributed by atoms with Crippen LogP contribution >= 0.6 is 0 Å². The zero-order valence-electron chi connectivity index (χ0n) is 8.16. The number of hydrogen-bond donors (Lipinski definition) is 1. The molecule has 0 unspecified atom stereocenters. The molecule has 2 nitrogen and oxygen atoms in total. The zero-order valence-corrected chi connectivity index (χ0v) is 6.16. The van der Waals surface area contributed by atoms with Gasteiger partial charge in [-0.2, -0.15) is 0 Å². The molecule has 0 atom stereocenters. The Balaban J connectivity index is 2.29. The average molecular weight is 154 g/mol. The van der Waals surface area contributed by atoms with Gasteiger partial charge < -0.3 is 9.84 Å². The molecule has 11 heavy (non-hydrogen) atoms. The van der Waals surface area contributed by atoms with Crippen molar-refractivity contribution in [3.8, 4) is 0 Å². The molecule has 0 aliphatic rings. The third-order valence-corrected chi connectivity index (χ3v) is 1.28. The lowest BCUT2D eigenvalue weighted by atomic mass is 10.2. The smallest absolute Gasteiger partial charge is 0.0718 e. The molecule has 60 valence electrons. The molecule has 0 heterocycles. The van der Waals surface area contributed by atoms with Crippen LogP contribution in [-0.4, -0.2) is 18.3 Å². The van der Waals surface area contributed by atoms with Gasteiger partial charge in [0, 0.05) is 0 Å². The molecular weight excluding hydrogens is 140 g/mol. The molecule has 1 aromatic rings. The Bertz CT molecular complexity index is 244. The predicted molar refractivity (Wildman–Crippen MR) is 43.2 cm³/mol. The first-order valence-electron chi connectivity index (χ1n) is 4.42. The summed E-state index contributed by atoms with van der Waals surface area (Å²) in [6, 6.07) is 9.42. The minimum Gasteiger partial charge on any atom is -0.394 e. The van der Waals surface area contributed by atoms with E-state index in [9.17, 15) is 0 Å². The van der Waals surface area contributed by atoms with Crippen LogP contribution in [0.5, 0.6) is 0 Å². The maximum Gasteiger partial charge on any atom is 0.0718 e. The van der Waals surface area contributed by atoms with Crippen molar-refractivity contribution in [2.45, 2.75) is 6.61 Å². The number of rotatable bonds is 4. The quantitative estimate of drug-likeness (QED) is 0.706. The van der Waals surface area contributed by atoms with Crippen LogP contribution in [0.1, 0.15) is 8.30 Å². The van der Waals surface area contributed by atoms with Crippen molar-refractivity contribution in [3.05, 3.63) is 35.9 Å². The van der Waals surface area contributed by atoms with Crippen molar-refractivity contribution < 1.29 is 12.6 Å². The summed E-state index contributed by atoms with van der Waals surface area (Å²) in [4.78, 5) is 0. The second-order valence-corrected chi connectivity index (χ2v) is 2.14. The molecule has 0 aromatic heterocycles. The van der Waals surface area contributed by atoms with E-state index in [-0.39, 0.29) is 6.61 Å². The molecule has 0 aliphatic heterocycles. The number of aliphatic hydroxyl groups is 1. The fourth-order valence-electron chi connectivity index (χ4n) is 0.789. The first-order valence-corrected chi connectivity index (χ1v) is 3.42. The maximum atomic E-state index is 8.70. The normalized spacial score (nSPS) is 13.9. The minimum absolute atomic E-state index is 0.304. The topological polar surface area (TPSA) is 29.5 Å². The highest BCUT2D eigenvalue weighted by atomic mass is 16.5. The van der Waals surface area contributed by atoms with Crippen LogP contribution in [0.4, 0.5) is 0 Å². The van der Waals surface area contributed by atoms with E-state index in [1.165, 1.54) is 0 Å². The summed E-state index contributed by atoms with van der Waals surface area (Å²) in [5, 5.41) is 8.70. The fraction of sp³-hybridized carbons (Fsp3) is 0.333. The third kappa shape index (κ3) is 3.16. The second-order valence-electron chi connectivity index (χ2n) is 2.14. The average Bonchev–Trinajstić information content (AvgIpc) is 2.04. The third-order valence-electron chi connectivity index (χ3n) is 1.28. The Morgan fingerprint density at radius 1 is 1.36 bits per heavy atom. The highest BCUT2D eigenvalue weighted by molar-refractivity contribution is 5.13. The van der Waals surface area contributed by atoms with Gasteiger partial charge in [-0.05, 0) is 5.56 Å². The van der Waals surface area contributed by atoms with Gasteiger partial charge in [-0.3, -0.25) is 0 Å². The second kappa shape index (κ2) is 4.88. The van der Waals surface area contributed by atoms with E-state index in [2.05, 4.69) is 0 Å². The van der Waals surface area contributed by atoms with Gasteiger partial charge in [-0.15, -0.1) is 0 Å². The molecule has 1 aromatic carbocycles. The molecule has 0 saturated heterocycles. The molecule has 0 radical (unpaired) electrons. The maximum absolute atomic E-state index is 8.70. The SMILES string of the molecule is [2H]C([2H])(O)COCc1ccccc1. The first kappa shape index (κ1) is 5.75. The van der Waals surface area contributed by atoms with Gasteiger partial charge in [0.25, 0.3) is 0 Å². The number of hydrogen-bond acceptors (Lipinski definition) is 2. The van der Waals surface area contributed by atoms with E-state index < -0.39 is 6.56 Å². The van der Waals surface area contributed by atoms with Crippen molar-refractivity contribution in [2.75, 3.05) is 13.2 Å². The molecule has 0 saturated carbocycles. The summed E-state index contributed by atoms with van der Waals surface area (Å²) in [6.45, 7) is -2.22. The highest BCUT2D eigenvalue weighted by Crippen LogP contribution is 1.99. The largest absolute Gasteiger partial charge is 0.394 e. The summed E-state index contributed by atoms with van der Waals surface area (Å²) in [7, 11) is 0. The summed E-state index contributed by atoms with van der Waals surface area (Å²) >= 11 is 0. The fourth-order valence-corrected chi connectivity index (χ4v) is 0.789. The van der Waals surface area contributed by atoms with Crippen molar-refractivity contribution in [1.82, 2.24) is 0 Å². The van der Waals surface area contributed by atoms with Crippen LogP contribution in [0.3, 0.4) is 0 Å². The molecule has 1 rings (SSSR count). The Hall–Kier alpha value is -0.860. The van der Waals surface area contributed by atoms with E-state index in [1.54, 1.807) is 0 Å². The molecule has 1 N–H and O–H groups in total. The van der Waals surface area contributed by atoms with E-state index >= 15 is 0 Å². The Kier molecular flexibility index (Phi) is 2.55. The van der Waals surface area contributed by atoms with E-state index in [0.29, 0.717) is 6.61 Å². The molecular formula is C9H12O2. The van der Waals surface area contributed by atoms with Crippen molar-refractivity contribution in [2.24, 2.45) is 0 Å². The van der Waals surface area contributed by atoms with Crippen LogP contribution in [0.15, 0.2) is 30.3 Å². The van der Waals surface area contributed by atoms with Gasteiger partial charge in [0.1, 0.15) is 0 Å². The number of benzene rings is 1. The Morgan fingerprint density at radius 2 is 2.09 bits per heavy atom. The highest BCUT2D eigenvalue weighted by Gasteiger charge is 1.88. The first-order chi connectivity index (χ1) is 6.08. The van der Waals surface area contributed by atoms with Crippen LogP contribution in [0.25, 0.3) is 0 Å². The summed E-state index contributed by atoms with van der Waals surface area (Å²) in [5.41, 5.74) is 0.965. The molecule has 0 amide bonds. The van der Waals surface area contributed by atoms with Gasteiger partial charge in [-0.25, -0.2) is 0 Å². The monoisotopic (exact) mass is 154 g/mol. The van der Waals surface area contributed by atoms with Crippen LogP contribution in [0, 0.1) is 0 Å². The van der Waals surface area contributed by atoms with Gasteiger partial charge in [0.2, 0.25) is 0 Å². The standard InChI is InChI=1S/C9H12O2/c10-6-7-11-8-9-4-2-1-3-5-9/h1-5,10H,6-8H2/i6D2. The molecule has 2 heteroatoms. The Labute approximate surface area is 69.2 Å². The van der Waals surface area contributed by atoms with Crippen molar-refractivity contribution in [3.63, 3.8) is 0 Å². The van der Waals surface area contributed by atoms with E-state index in [4.69, 9.17) is 12.6 Å². The van der Waals surface area contributed by atoms with Crippen LogP contribution < -0.4 is 0 Å². The molecule has 0 bridgehead atoms. The summed E-state index contributed by atoms with van der Waals surface area (Å²) in [5.74, 6) is 0. The van der Waals surface area contributed by atoms with Crippen molar-refractivity contribution >= 4 is 0 Å². The van der Waals surface area contributed by atoms with E-state index in [0.717, 1.165) is 5.56 Å². The van der Waals surface area contributed by atoms with E-state index in [1.807, 2.05) is 30.3 Å². The molecule has 0 spiro atoms. The zero-order chi connectivity index (χ0) is 9.73.